The van der Waals surface area contributed by atoms with Crippen LogP contribution in [-0.4, -0.2) is 51.1 Å². The molecule has 12 heteroatoms. The molecule has 3 aromatic rings. The number of phenols is 1. The molecule has 236 valence electrons. The third-order valence-electron chi connectivity index (χ3n) is 10.1. The molecule has 3 N–H and O–H groups in total. The first-order chi connectivity index (χ1) is 22.0. The molecule has 6 unspecified atom stereocenters. The third-order valence-corrected chi connectivity index (χ3v) is 10.7. The van der Waals surface area contributed by atoms with Gasteiger partial charge >= 0.3 is 0 Å². The van der Waals surface area contributed by atoms with Crippen molar-refractivity contribution in [1.29, 1.82) is 0 Å². The quantitative estimate of drug-likeness (QED) is 0.188. The maximum absolute atomic E-state index is 15.1. The number of rotatable bonds is 5. The molecule has 6 atom stereocenters. The Morgan fingerprint density at radius 1 is 0.957 bits per heavy atom. The number of anilines is 1. The number of methoxy groups -OCH3 is 1. The van der Waals surface area contributed by atoms with Crippen LogP contribution in [0.4, 0.5) is 5.69 Å². The summed E-state index contributed by atoms with van der Waals surface area (Å²) in [6.45, 7) is 1.74. The van der Waals surface area contributed by atoms with Crippen LogP contribution in [0.5, 0.6) is 11.5 Å². The van der Waals surface area contributed by atoms with Crippen LogP contribution in [-0.2, 0) is 24.6 Å². The lowest BCUT2D eigenvalue weighted by atomic mass is 9.49. The lowest BCUT2D eigenvalue weighted by Gasteiger charge is -2.50. The largest absolute Gasteiger partial charge is 0.507 e. The van der Waals surface area contributed by atoms with Gasteiger partial charge in [-0.25, -0.2) is 0 Å². The molecular formula is C34H29Cl2N3O7. The van der Waals surface area contributed by atoms with E-state index < -0.39 is 58.6 Å². The van der Waals surface area contributed by atoms with E-state index in [1.54, 1.807) is 61.5 Å². The topological polar surface area (TPSA) is 136 Å². The molecule has 0 spiro atoms. The molecule has 3 fully saturated rings. The van der Waals surface area contributed by atoms with Gasteiger partial charge in [0.05, 0.1) is 41.0 Å². The van der Waals surface area contributed by atoms with Crippen molar-refractivity contribution >= 4 is 52.5 Å². The minimum absolute atomic E-state index is 0.0338. The van der Waals surface area contributed by atoms with Gasteiger partial charge in [-0.3, -0.25) is 29.8 Å². The number of halogens is 2. The zero-order valence-corrected chi connectivity index (χ0v) is 26.2. The third kappa shape index (κ3) is 4.13. The van der Waals surface area contributed by atoms with Crippen molar-refractivity contribution in [2.75, 3.05) is 12.5 Å². The van der Waals surface area contributed by atoms with Gasteiger partial charge in [0, 0.05) is 16.5 Å². The minimum atomic E-state index is -1.60. The zero-order valence-electron chi connectivity index (χ0n) is 24.7. The molecule has 46 heavy (non-hydrogen) atoms. The number of hydrogen-bond acceptors (Lipinski definition) is 8. The van der Waals surface area contributed by atoms with Gasteiger partial charge in [0.25, 0.3) is 23.6 Å². The van der Waals surface area contributed by atoms with E-state index in [-0.39, 0.29) is 34.4 Å². The minimum Gasteiger partial charge on any atom is -0.507 e. The molecule has 2 aliphatic heterocycles. The number of hydrazine groups is 1. The van der Waals surface area contributed by atoms with Crippen molar-refractivity contribution in [2.45, 2.75) is 31.1 Å². The van der Waals surface area contributed by atoms with E-state index in [9.17, 15) is 24.7 Å². The van der Waals surface area contributed by atoms with Gasteiger partial charge in [-0.1, -0.05) is 65.2 Å². The van der Waals surface area contributed by atoms with E-state index in [1.807, 2.05) is 6.08 Å². The fourth-order valence-electron chi connectivity index (χ4n) is 8.09. The predicted molar refractivity (Wildman–Crippen MR) is 167 cm³/mol. The fourth-order valence-corrected chi connectivity index (χ4v) is 8.54. The van der Waals surface area contributed by atoms with Gasteiger partial charge in [-0.15, -0.1) is 0 Å². The summed E-state index contributed by atoms with van der Waals surface area (Å²) in [6, 6.07) is 16.7. The number of imide groups is 2. The van der Waals surface area contributed by atoms with E-state index in [4.69, 9.17) is 27.9 Å². The van der Waals surface area contributed by atoms with Gasteiger partial charge in [0.15, 0.2) is 0 Å². The van der Waals surface area contributed by atoms with E-state index in [0.717, 1.165) is 5.01 Å². The molecule has 4 aliphatic rings. The Labute approximate surface area is 274 Å². The number of nitrogens with zero attached hydrogens (tertiary/aromatic N) is 2. The van der Waals surface area contributed by atoms with Crippen molar-refractivity contribution in [3.8, 4) is 11.5 Å². The SMILES string of the molecule is COc1ccc(C23C(=O)N(Nc4ccc(Cl)cc4Cl)C(=O)C2CC2C(=CCC4C(=O)N(O)C(=O)C42)C3c2cccc(C)c2O)cc1. The summed E-state index contributed by atoms with van der Waals surface area (Å²) in [5.74, 6) is -6.48. The summed E-state index contributed by atoms with van der Waals surface area (Å²) in [5.41, 5.74) is 3.72. The molecule has 0 radical (unpaired) electrons. The fraction of sp³-hybridized carbons (Fsp3) is 0.294. The first kappa shape index (κ1) is 30.3. The Balaban J connectivity index is 1.49. The number of nitrogens with one attached hydrogen (secondary N) is 1. The van der Waals surface area contributed by atoms with Crippen LogP contribution in [0.15, 0.2) is 72.3 Å². The number of benzene rings is 3. The van der Waals surface area contributed by atoms with Crippen LogP contribution in [0.1, 0.15) is 35.4 Å². The van der Waals surface area contributed by atoms with Gasteiger partial charge in [0.2, 0.25) is 0 Å². The number of aromatic hydroxyl groups is 1. The summed E-state index contributed by atoms with van der Waals surface area (Å²) < 4.78 is 5.40. The number of hydrogen-bond donors (Lipinski definition) is 3. The van der Waals surface area contributed by atoms with Gasteiger partial charge in [0.1, 0.15) is 11.5 Å². The van der Waals surface area contributed by atoms with Crippen molar-refractivity contribution in [2.24, 2.45) is 23.7 Å². The zero-order chi connectivity index (χ0) is 32.7. The molecule has 0 aromatic heterocycles. The molecule has 0 bridgehead atoms. The molecule has 1 saturated carbocycles. The van der Waals surface area contributed by atoms with Crippen molar-refractivity contribution in [1.82, 2.24) is 10.1 Å². The Bertz CT molecular complexity index is 1860. The van der Waals surface area contributed by atoms with Crippen LogP contribution in [0.25, 0.3) is 0 Å². The van der Waals surface area contributed by atoms with Gasteiger partial charge < -0.3 is 9.84 Å². The van der Waals surface area contributed by atoms with Gasteiger partial charge in [-0.05, 0) is 67.1 Å². The molecule has 4 amide bonds. The number of carbonyl (C=O) groups excluding carboxylic acids is 4. The van der Waals surface area contributed by atoms with E-state index in [0.29, 0.717) is 33.0 Å². The number of amides is 4. The van der Waals surface area contributed by atoms with E-state index >= 15 is 4.79 Å². The van der Waals surface area contributed by atoms with E-state index in [1.165, 1.54) is 13.2 Å². The lowest BCUT2D eigenvalue weighted by molar-refractivity contribution is -0.173. The lowest BCUT2D eigenvalue weighted by Crippen LogP contribution is -2.53. The number of aryl methyl sites for hydroxylation is 1. The number of carbonyl (C=O) groups is 4. The average Bonchev–Trinajstić information content (AvgIpc) is 3.40. The first-order valence-corrected chi connectivity index (χ1v) is 15.6. The van der Waals surface area contributed by atoms with Crippen molar-refractivity contribution in [3.63, 3.8) is 0 Å². The molecule has 7 rings (SSSR count). The van der Waals surface area contributed by atoms with Crippen LogP contribution in [0.3, 0.4) is 0 Å². The number of para-hydroxylation sites is 1. The standard InChI is InChI=1S/C34H29Cl2N3O7/c1-16-4-3-5-22(29(16)40)28-20-11-12-21-27(32(43)39(45)30(21)41)23(20)15-24-31(42)38(37-26-13-8-18(35)14-25(26)36)33(44)34(24,28)17-6-9-19(46-2)10-7-17/h3-11,13-14,21,23-24,27-28,37,40,45H,12,15H2,1-2H3. The highest BCUT2D eigenvalue weighted by molar-refractivity contribution is 6.36. The van der Waals surface area contributed by atoms with Crippen molar-refractivity contribution < 1.29 is 34.2 Å². The summed E-state index contributed by atoms with van der Waals surface area (Å²) in [6.07, 6.45) is 2.02. The highest BCUT2D eigenvalue weighted by Gasteiger charge is 2.70. The molecule has 2 heterocycles. The molecule has 2 aliphatic carbocycles. The first-order valence-electron chi connectivity index (χ1n) is 14.8. The number of fused-ring (bicyclic) bond motifs is 4. The summed E-state index contributed by atoms with van der Waals surface area (Å²) in [7, 11) is 1.52. The molecule has 10 nitrogen and oxygen atoms in total. The summed E-state index contributed by atoms with van der Waals surface area (Å²) in [5, 5.41) is 23.6. The van der Waals surface area contributed by atoms with Crippen LogP contribution >= 0.6 is 23.2 Å². The smallest absolute Gasteiger partial charge is 0.260 e. The van der Waals surface area contributed by atoms with E-state index in [2.05, 4.69) is 5.43 Å². The molecule has 3 aromatic carbocycles. The second kappa shape index (κ2) is 10.9. The van der Waals surface area contributed by atoms with Gasteiger partial charge in [-0.2, -0.15) is 10.1 Å². The Kier molecular flexibility index (Phi) is 7.15. The number of hydroxylamine groups is 2. The maximum atomic E-state index is 15.1. The Morgan fingerprint density at radius 3 is 2.39 bits per heavy atom. The summed E-state index contributed by atoms with van der Waals surface area (Å²) >= 11 is 12.6. The number of phenolic OH excluding ortho intramolecular Hbond substituents is 1. The predicted octanol–water partition coefficient (Wildman–Crippen LogP) is 5.39. The molecule has 2 saturated heterocycles. The average molecular weight is 663 g/mol. The van der Waals surface area contributed by atoms with Crippen LogP contribution in [0.2, 0.25) is 10.0 Å². The molecular weight excluding hydrogens is 633 g/mol. The maximum Gasteiger partial charge on any atom is 0.260 e. The highest BCUT2D eigenvalue weighted by Crippen LogP contribution is 2.65. The normalized spacial score (nSPS) is 28.5. The number of allylic oxidation sites excluding steroid dienone is 2. The Hall–Kier alpha value is -4.38. The highest BCUT2D eigenvalue weighted by atomic mass is 35.5. The number of ether oxygens (including phenoxy) is 1. The van der Waals surface area contributed by atoms with Crippen LogP contribution < -0.4 is 10.2 Å². The summed E-state index contributed by atoms with van der Waals surface area (Å²) in [4.78, 5) is 56.0. The second-order valence-corrected chi connectivity index (χ2v) is 13.1. The Morgan fingerprint density at radius 2 is 1.70 bits per heavy atom. The second-order valence-electron chi connectivity index (χ2n) is 12.2. The van der Waals surface area contributed by atoms with Crippen molar-refractivity contribution in [3.05, 3.63) is 99.0 Å². The van der Waals surface area contributed by atoms with Crippen LogP contribution in [0, 0.1) is 30.6 Å². The monoisotopic (exact) mass is 661 g/mol.